The second-order valence-electron chi connectivity index (χ2n) is 7.09. The molecule has 0 radical (unpaired) electrons. The van der Waals surface area contributed by atoms with Crippen LogP contribution in [0.15, 0.2) is 17.1 Å². The molecule has 4 atom stereocenters. The van der Waals surface area contributed by atoms with E-state index in [-0.39, 0.29) is 17.1 Å². The molecule has 2 N–H and O–H groups in total. The van der Waals surface area contributed by atoms with Crippen LogP contribution in [0, 0.1) is 0 Å². The van der Waals surface area contributed by atoms with Crippen LogP contribution in [0.3, 0.4) is 0 Å². The number of carbonyl (C=O) groups excluding carboxylic acids is 2. The van der Waals surface area contributed by atoms with Crippen LogP contribution in [-0.2, 0) is 18.9 Å². The van der Waals surface area contributed by atoms with Gasteiger partial charge < -0.3 is 24.1 Å². The number of carbonyl (C=O) groups is 2. The van der Waals surface area contributed by atoms with Crippen LogP contribution < -0.4 is 11.0 Å². The maximum absolute atomic E-state index is 14.9. The number of alkyl halides is 1. The molecule has 2 rings (SSSR count). The van der Waals surface area contributed by atoms with Crippen molar-refractivity contribution in [3.63, 3.8) is 0 Å². The number of hydrogen-bond donors (Lipinski definition) is 2. The Hall–Kier alpha value is -2.80. The Morgan fingerprint density at radius 3 is 2.60 bits per heavy atom. The molecule has 1 aliphatic heterocycles. The molecule has 0 spiro atoms. The van der Waals surface area contributed by atoms with Gasteiger partial charge in [-0.25, -0.2) is 18.8 Å². The summed E-state index contributed by atoms with van der Waals surface area (Å²) in [6, 6.07) is 1.24. The van der Waals surface area contributed by atoms with Crippen molar-refractivity contribution in [2.75, 3.05) is 18.5 Å². The van der Waals surface area contributed by atoms with E-state index in [1.54, 1.807) is 27.7 Å². The lowest BCUT2D eigenvalue weighted by Crippen LogP contribution is -2.38. The molecule has 13 heteroatoms. The van der Waals surface area contributed by atoms with E-state index in [1.807, 2.05) is 0 Å². The summed E-state index contributed by atoms with van der Waals surface area (Å²) in [6.07, 6.45) is -6.98. The van der Waals surface area contributed by atoms with Crippen LogP contribution in [0.4, 0.5) is 24.5 Å². The Balaban J connectivity index is 0.00000450. The van der Waals surface area contributed by atoms with Crippen LogP contribution in [0.2, 0.25) is 0 Å². The third-order valence-electron chi connectivity index (χ3n) is 3.68. The molecule has 0 aliphatic carbocycles. The molecule has 1 unspecified atom stereocenters. The number of hydrogen-bond acceptors (Lipinski definition) is 9. The number of rotatable bonds is 5. The molecule has 1 fully saturated rings. The second-order valence-corrected chi connectivity index (χ2v) is 7.09. The van der Waals surface area contributed by atoms with Gasteiger partial charge in [0.1, 0.15) is 17.5 Å². The van der Waals surface area contributed by atoms with Crippen molar-refractivity contribution in [1.82, 2.24) is 9.55 Å². The molecule has 0 saturated carbocycles. The maximum atomic E-state index is 14.9. The fourth-order valence-electron chi connectivity index (χ4n) is 2.54. The van der Waals surface area contributed by atoms with Crippen molar-refractivity contribution in [2.45, 2.75) is 57.9 Å². The highest BCUT2D eigenvalue weighted by molar-refractivity contribution is 5.83. The standard InChI is InChI=1S/C17H24FN3O8.FH/c1-5-26-15(24)20-10-6-7-21(14(23)19-10)13-11(18)12(9(8-22)27-13)28-16(25)29-17(2,3)4;/h6-7,9,11-13,22H,5,8H2,1-4H3,(H,19,20,23,24);1H/t9-,11?,12-,13-;/m1./s1. The van der Waals surface area contributed by atoms with E-state index in [1.165, 1.54) is 6.07 Å². The monoisotopic (exact) mass is 437 g/mol. The zero-order chi connectivity index (χ0) is 21.8. The fourth-order valence-corrected chi connectivity index (χ4v) is 2.54. The van der Waals surface area contributed by atoms with Gasteiger partial charge >= 0.3 is 17.9 Å². The lowest BCUT2D eigenvalue weighted by atomic mass is 10.1. The number of aliphatic hydroxyl groups excluding tert-OH is 1. The Labute approximate surface area is 170 Å². The predicted molar refractivity (Wildman–Crippen MR) is 98.6 cm³/mol. The van der Waals surface area contributed by atoms with E-state index in [2.05, 4.69) is 15.0 Å². The van der Waals surface area contributed by atoms with Crippen molar-refractivity contribution >= 4 is 18.1 Å². The van der Waals surface area contributed by atoms with Gasteiger partial charge in [0.25, 0.3) is 0 Å². The zero-order valence-electron chi connectivity index (χ0n) is 16.9. The van der Waals surface area contributed by atoms with Gasteiger partial charge in [0, 0.05) is 6.20 Å². The first-order valence-electron chi connectivity index (χ1n) is 8.88. The number of amides is 1. The molecule has 170 valence electrons. The summed E-state index contributed by atoms with van der Waals surface area (Å²) in [5.41, 5.74) is -1.79. The second kappa shape index (κ2) is 10.3. The molecule has 0 bridgehead atoms. The van der Waals surface area contributed by atoms with E-state index >= 15 is 0 Å². The van der Waals surface area contributed by atoms with Crippen molar-refractivity contribution in [1.29, 1.82) is 0 Å². The Morgan fingerprint density at radius 1 is 1.40 bits per heavy atom. The van der Waals surface area contributed by atoms with Crippen LogP contribution in [0.25, 0.3) is 0 Å². The van der Waals surface area contributed by atoms with E-state index in [4.69, 9.17) is 14.2 Å². The molecule has 1 saturated heterocycles. The lowest BCUT2D eigenvalue weighted by molar-refractivity contribution is -0.0691. The predicted octanol–water partition coefficient (Wildman–Crippen LogP) is 1.51. The molecule has 1 aromatic heterocycles. The minimum Gasteiger partial charge on any atom is -0.450 e. The van der Waals surface area contributed by atoms with E-state index in [0.29, 0.717) is 0 Å². The Bertz CT molecular complexity index is 798. The number of nitrogens with zero attached hydrogens (tertiary/aromatic N) is 2. The first-order chi connectivity index (χ1) is 13.6. The number of aliphatic hydroxyl groups is 1. The maximum Gasteiger partial charge on any atom is 0.509 e. The summed E-state index contributed by atoms with van der Waals surface area (Å²) in [6.45, 7) is 5.90. The number of nitrogens with one attached hydrogen (secondary N) is 1. The first-order valence-corrected chi connectivity index (χ1v) is 8.88. The minimum atomic E-state index is -1.98. The van der Waals surface area contributed by atoms with Crippen LogP contribution in [0.5, 0.6) is 0 Å². The van der Waals surface area contributed by atoms with Gasteiger partial charge in [-0.2, -0.15) is 4.98 Å². The first kappa shape index (κ1) is 25.2. The molecule has 1 aliphatic rings. The van der Waals surface area contributed by atoms with Gasteiger partial charge in [-0.15, -0.1) is 0 Å². The molecule has 30 heavy (non-hydrogen) atoms. The van der Waals surface area contributed by atoms with Crippen LogP contribution in [-0.4, -0.2) is 64.1 Å². The highest BCUT2D eigenvalue weighted by Crippen LogP contribution is 2.33. The lowest BCUT2D eigenvalue weighted by Gasteiger charge is -2.23. The third kappa shape index (κ3) is 6.35. The van der Waals surface area contributed by atoms with Gasteiger partial charge in [-0.3, -0.25) is 14.6 Å². The summed E-state index contributed by atoms with van der Waals surface area (Å²) < 4.78 is 35.7. The SMILES string of the molecule is CCOC(=O)Nc1ccn([C@@H]2O[C@H](CO)[C@@H](OC(=O)OC(C)(C)C)C2F)c(=O)n1.F. The highest BCUT2D eigenvalue weighted by Gasteiger charge is 2.49. The molecule has 1 aromatic rings. The molecule has 2 heterocycles. The van der Waals surface area contributed by atoms with E-state index in [9.17, 15) is 23.9 Å². The number of ether oxygens (including phenoxy) is 4. The number of halogens is 2. The molecule has 1 amide bonds. The van der Waals surface area contributed by atoms with E-state index < -0.39 is 54.8 Å². The van der Waals surface area contributed by atoms with Crippen LogP contribution in [0.1, 0.15) is 33.9 Å². The smallest absolute Gasteiger partial charge is 0.450 e. The van der Waals surface area contributed by atoms with Crippen molar-refractivity contribution in [3.05, 3.63) is 22.7 Å². The Morgan fingerprint density at radius 2 is 2.07 bits per heavy atom. The molecule has 0 aromatic carbocycles. The van der Waals surface area contributed by atoms with E-state index in [0.717, 1.165) is 10.8 Å². The Kier molecular flexibility index (Phi) is 8.66. The van der Waals surface area contributed by atoms with Crippen LogP contribution >= 0.6 is 0 Å². The molecular formula is C17H25F2N3O8. The van der Waals surface area contributed by atoms with Gasteiger partial charge in [0.2, 0.25) is 0 Å². The largest absolute Gasteiger partial charge is 0.509 e. The summed E-state index contributed by atoms with van der Waals surface area (Å²) in [7, 11) is 0. The topological polar surface area (TPSA) is 138 Å². The zero-order valence-corrected chi connectivity index (χ0v) is 16.9. The van der Waals surface area contributed by atoms with Gasteiger partial charge in [0.05, 0.1) is 13.2 Å². The van der Waals surface area contributed by atoms with Crippen molar-refractivity contribution in [2.24, 2.45) is 0 Å². The van der Waals surface area contributed by atoms with Gasteiger partial charge in [-0.05, 0) is 33.8 Å². The van der Waals surface area contributed by atoms with Gasteiger partial charge in [-0.1, -0.05) is 0 Å². The van der Waals surface area contributed by atoms with Crippen molar-refractivity contribution in [3.8, 4) is 0 Å². The highest BCUT2D eigenvalue weighted by atomic mass is 19.1. The normalized spacial score (nSPS) is 23.3. The average Bonchev–Trinajstić information content (AvgIpc) is 2.89. The fraction of sp³-hybridized carbons (Fsp3) is 0.647. The summed E-state index contributed by atoms with van der Waals surface area (Å²) >= 11 is 0. The summed E-state index contributed by atoms with van der Waals surface area (Å²) in [5, 5.41) is 11.7. The average molecular weight is 437 g/mol. The minimum absolute atomic E-state index is 0. The quantitative estimate of drug-likeness (QED) is 0.656. The molecular weight excluding hydrogens is 412 g/mol. The number of anilines is 1. The van der Waals surface area contributed by atoms with Crippen molar-refractivity contribution < 1.29 is 42.7 Å². The number of aromatic nitrogens is 2. The summed E-state index contributed by atoms with van der Waals surface area (Å²) in [4.78, 5) is 39.1. The molecule has 11 nitrogen and oxygen atoms in total. The van der Waals surface area contributed by atoms with Gasteiger partial charge in [0.15, 0.2) is 18.5 Å². The summed E-state index contributed by atoms with van der Waals surface area (Å²) in [5.74, 6) is -0.0987. The third-order valence-corrected chi connectivity index (χ3v) is 3.68.